The zero-order chi connectivity index (χ0) is 39.1. The number of benzene rings is 7. The number of hydrogen-bond donors (Lipinski definition) is 0. The second-order valence-corrected chi connectivity index (χ2v) is 19.2. The lowest BCUT2D eigenvalue weighted by Gasteiger charge is -2.44. The van der Waals surface area contributed by atoms with E-state index in [-0.39, 0.29) is 17.5 Å². The average Bonchev–Trinajstić information content (AvgIpc) is 3.78. The van der Waals surface area contributed by atoms with Gasteiger partial charge in [0, 0.05) is 54.1 Å². The Labute approximate surface area is 344 Å². The highest BCUT2D eigenvalue weighted by atomic mass is 32.1. The summed E-state index contributed by atoms with van der Waals surface area (Å²) in [6, 6.07) is 57.2. The third kappa shape index (κ3) is 4.68. The van der Waals surface area contributed by atoms with E-state index in [1.807, 2.05) is 11.3 Å². The van der Waals surface area contributed by atoms with Crippen LogP contribution in [0, 0.1) is 6.92 Å². The maximum atomic E-state index is 2.62. The molecule has 280 valence electrons. The fraction of sp³-hybridized carbons (Fsp3) is 0.170. The van der Waals surface area contributed by atoms with Crippen molar-refractivity contribution in [1.29, 1.82) is 0 Å². The van der Waals surface area contributed by atoms with Gasteiger partial charge in [-0.3, -0.25) is 0 Å². The van der Waals surface area contributed by atoms with Crippen LogP contribution in [0.3, 0.4) is 0 Å². The van der Waals surface area contributed by atoms with Crippen molar-refractivity contribution in [2.24, 2.45) is 0 Å². The number of para-hydroxylation sites is 4. The molecule has 58 heavy (non-hydrogen) atoms. The van der Waals surface area contributed by atoms with Crippen LogP contribution in [0.4, 0.5) is 34.1 Å². The van der Waals surface area contributed by atoms with E-state index in [4.69, 9.17) is 0 Å². The maximum absolute atomic E-state index is 2.62. The van der Waals surface area contributed by atoms with Crippen molar-refractivity contribution in [1.82, 2.24) is 4.57 Å². The van der Waals surface area contributed by atoms with Gasteiger partial charge in [0.2, 0.25) is 0 Å². The van der Waals surface area contributed by atoms with Gasteiger partial charge in [0.05, 0.1) is 22.4 Å². The molecule has 0 radical (unpaired) electrons. The Kier molecular flexibility index (Phi) is 7.04. The van der Waals surface area contributed by atoms with Crippen molar-refractivity contribution in [3.05, 3.63) is 168 Å². The molecule has 0 N–H and O–H groups in total. The van der Waals surface area contributed by atoms with Crippen molar-refractivity contribution in [3.63, 3.8) is 0 Å². The Bertz CT molecular complexity index is 3100. The van der Waals surface area contributed by atoms with Crippen LogP contribution < -0.4 is 25.5 Å². The first-order chi connectivity index (χ1) is 28.2. The van der Waals surface area contributed by atoms with Crippen LogP contribution in [-0.2, 0) is 10.8 Å². The Morgan fingerprint density at radius 2 is 1.07 bits per heavy atom. The summed E-state index contributed by atoms with van der Waals surface area (Å²) < 4.78 is 5.30. The number of fused-ring (bicyclic) bond motifs is 10. The summed E-state index contributed by atoms with van der Waals surface area (Å²) in [5.74, 6) is 0. The Balaban J connectivity index is 1.25. The van der Waals surface area contributed by atoms with E-state index in [2.05, 4.69) is 201 Å². The molecule has 0 amide bonds. The fourth-order valence-corrected chi connectivity index (χ4v) is 12.0. The van der Waals surface area contributed by atoms with Gasteiger partial charge >= 0.3 is 0 Å². The van der Waals surface area contributed by atoms with Crippen LogP contribution in [0.25, 0.3) is 37.6 Å². The van der Waals surface area contributed by atoms with Gasteiger partial charge < -0.3 is 14.4 Å². The summed E-state index contributed by atoms with van der Waals surface area (Å²) in [6.07, 6.45) is 2.39. The van der Waals surface area contributed by atoms with Gasteiger partial charge in [0.15, 0.2) is 0 Å². The summed E-state index contributed by atoms with van der Waals surface area (Å²) in [7, 11) is 0. The molecule has 0 unspecified atom stereocenters. The van der Waals surface area contributed by atoms with E-state index in [0.717, 1.165) is 5.69 Å². The fourth-order valence-electron chi connectivity index (χ4n) is 10.7. The van der Waals surface area contributed by atoms with Crippen LogP contribution in [0.5, 0.6) is 0 Å². The monoisotopic (exact) mass is 765 g/mol. The van der Waals surface area contributed by atoms with Gasteiger partial charge in [-0.1, -0.05) is 113 Å². The molecule has 1 aliphatic carbocycles. The average molecular weight is 766 g/mol. The Morgan fingerprint density at radius 1 is 0.517 bits per heavy atom. The molecule has 0 bridgehead atoms. The molecule has 0 saturated carbocycles. The predicted molar refractivity (Wildman–Crippen MR) is 250 cm³/mol. The predicted octanol–water partition coefficient (Wildman–Crippen LogP) is 12.7. The number of aromatic nitrogens is 1. The zero-order valence-electron chi connectivity index (χ0n) is 33.7. The van der Waals surface area contributed by atoms with Gasteiger partial charge in [-0.2, -0.15) is 0 Å². The second kappa shape index (κ2) is 12.0. The van der Waals surface area contributed by atoms with E-state index in [9.17, 15) is 0 Å². The summed E-state index contributed by atoms with van der Waals surface area (Å²) in [6.45, 7) is 12.1. The molecule has 0 saturated heterocycles. The van der Waals surface area contributed by atoms with Crippen molar-refractivity contribution in [3.8, 4) is 5.69 Å². The minimum atomic E-state index is 0.0678. The van der Waals surface area contributed by atoms with Crippen LogP contribution in [0.15, 0.2) is 152 Å². The van der Waals surface area contributed by atoms with Crippen molar-refractivity contribution < 1.29 is 0 Å². The summed E-state index contributed by atoms with van der Waals surface area (Å²) >= 11 is 2.02. The van der Waals surface area contributed by atoms with Crippen molar-refractivity contribution >= 4 is 99.8 Å². The summed E-state index contributed by atoms with van der Waals surface area (Å²) in [5.41, 5.74) is 18.2. The molecule has 3 nitrogen and oxygen atoms in total. The highest BCUT2D eigenvalue weighted by Crippen LogP contribution is 2.53. The summed E-state index contributed by atoms with van der Waals surface area (Å²) in [4.78, 5) is 5.16. The first kappa shape index (κ1) is 34.0. The summed E-state index contributed by atoms with van der Waals surface area (Å²) in [5, 5.41) is 3.90. The number of thiophene rings is 1. The number of anilines is 6. The SMILES string of the molecule is Cc1ccc2c(c1)N(c1ccccc1)c1cc(-n3c4ccccc4c4ccccc43)cc3c1B2c1sc2cc4c(cc2c1N3c1ccccc1)C(C)(C)CCC4(C)C. The highest BCUT2D eigenvalue weighted by Gasteiger charge is 2.46. The smallest absolute Gasteiger partial charge is 0.264 e. The molecule has 2 aliphatic heterocycles. The van der Waals surface area contributed by atoms with Crippen LogP contribution >= 0.6 is 11.3 Å². The zero-order valence-corrected chi connectivity index (χ0v) is 34.5. The van der Waals surface area contributed by atoms with Gasteiger partial charge in [0.25, 0.3) is 6.71 Å². The molecular formula is C53H44BN3S. The molecule has 0 spiro atoms. The highest BCUT2D eigenvalue weighted by molar-refractivity contribution is 7.33. The maximum Gasteiger partial charge on any atom is 0.264 e. The topological polar surface area (TPSA) is 11.4 Å². The number of aryl methyl sites for hydroxylation is 1. The lowest BCUT2D eigenvalue weighted by atomic mass is 9.36. The quantitative estimate of drug-likeness (QED) is 0.166. The van der Waals surface area contributed by atoms with Crippen LogP contribution in [0.2, 0.25) is 0 Å². The minimum Gasteiger partial charge on any atom is -0.311 e. The van der Waals surface area contributed by atoms with E-state index in [1.165, 1.54) is 111 Å². The second-order valence-electron chi connectivity index (χ2n) is 18.1. The third-order valence-corrected chi connectivity index (χ3v) is 14.9. The molecule has 0 fully saturated rings. The van der Waals surface area contributed by atoms with Crippen molar-refractivity contribution in [2.45, 2.75) is 58.3 Å². The lowest BCUT2D eigenvalue weighted by Crippen LogP contribution is -2.60. The standard InChI is InChI=1S/C53H44BN3S/c1-33-24-25-42-45(28-33)55(34-16-8-6-9-17-34)46-29-36(56-43-22-14-12-20-37(43)38-21-13-15-23-44(38)56)30-47-49(46)54(42)51-50(57(47)35-18-10-7-11-19-35)39-31-40-41(32-48(39)58-51)53(4,5)27-26-52(40,2)3/h6-25,28-32H,26-27H2,1-5H3. The molecule has 5 heteroatoms. The molecule has 2 aromatic heterocycles. The number of rotatable bonds is 3. The number of nitrogens with zero attached hydrogens (tertiary/aromatic N) is 3. The van der Waals surface area contributed by atoms with E-state index in [0.29, 0.717) is 0 Å². The van der Waals surface area contributed by atoms with Gasteiger partial charge in [0.1, 0.15) is 0 Å². The van der Waals surface area contributed by atoms with Gasteiger partial charge in [-0.25, -0.2) is 0 Å². The van der Waals surface area contributed by atoms with E-state index in [1.54, 1.807) is 0 Å². The van der Waals surface area contributed by atoms with Crippen LogP contribution in [-0.4, -0.2) is 11.3 Å². The molecular weight excluding hydrogens is 721 g/mol. The third-order valence-electron chi connectivity index (χ3n) is 13.6. The first-order valence-corrected chi connectivity index (χ1v) is 21.6. The van der Waals surface area contributed by atoms with Crippen molar-refractivity contribution in [2.75, 3.05) is 9.80 Å². The van der Waals surface area contributed by atoms with Gasteiger partial charge in [-0.15, -0.1) is 11.3 Å². The Morgan fingerprint density at radius 3 is 1.71 bits per heavy atom. The minimum absolute atomic E-state index is 0.0678. The number of hydrogen-bond acceptors (Lipinski definition) is 3. The molecule has 7 aromatic carbocycles. The van der Waals surface area contributed by atoms with E-state index < -0.39 is 0 Å². The molecule has 9 aromatic rings. The molecule has 0 atom stereocenters. The molecule has 4 heterocycles. The first-order valence-electron chi connectivity index (χ1n) is 20.8. The molecule has 12 rings (SSSR count). The Hall–Kier alpha value is -6.04. The normalized spacial score (nSPS) is 16.1. The largest absolute Gasteiger partial charge is 0.311 e. The lowest BCUT2D eigenvalue weighted by molar-refractivity contribution is 0.332. The van der Waals surface area contributed by atoms with E-state index >= 15 is 0 Å². The molecule has 3 aliphatic rings. The van der Waals surface area contributed by atoms with Gasteiger partial charge in [-0.05, 0) is 125 Å². The van der Waals surface area contributed by atoms with Crippen LogP contribution in [0.1, 0.15) is 57.2 Å².